The fourth-order valence-electron chi connectivity index (χ4n) is 3.84. The predicted molar refractivity (Wildman–Crippen MR) is 141 cm³/mol. The number of hydrogen-bond donors (Lipinski definition) is 6. The van der Waals surface area contributed by atoms with E-state index in [1.54, 1.807) is 48.6 Å². The smallest absolute Gasteiger partial charge is 0.369 e. The molecular formula is C25H30N8O7. The van der Waals surface area contributed by atoms with E-state index in [4.69, 9.17) is 4.74 Å². The third kappa shape index (κ3) is 6.33. The molecule has 0 spiro atoms. The summed E-state index contributed by atoms with van der Waals surface area (Å²) in [6.07, 6.45) is -1.99. The number of aryl methyl sites for hydroxylation is 1. The molecule has 1 fully saturated rings. The first kappa shape index (κ1) is 28.4. The van der Waals surface area contributed by atoms with Crippen molar-refractivity contribution in [3.05, 3.63) is 41.7 Å². The fraction of sp³-hybridized carbons (Fsp3) is 0.360. The van der Waals surface area contributed by atoms with Gasteiger partial charge < -0.3 is 35.6 Å². The lowest BCUT2D eigenvalue weighted by atomic mass is 10.1. The van der Waals surface area contributed by atoms with Crippen molar-refractivity contribution >= 4 is 34.9 Å². The fourth-order valence-corrected chi connectivity index (χ4v) is 3.84. The second-order valence-corrected chi connectivity index (χ2v) is 9.21. The first-order valence-corrected chi connectivity index (χ1v) is 12.3. The third-order valence-corrected chi connectivity index (χ3v) is 6.17. The number of ether oxygens (including phenoxy) is 1. The first-order chi connectivity index (χ1) is 18.9. The van der Waals surface area contributed by atoms with Crippen molar-refractivity contribution in [2.45, 2.75) is 25.9 Å². The molecule has 0 radical (unpaired) electrons. The summed E-state index contributed by atoms with van der Waals surface area (Å²) in [7, 11) is 4.77. The van der Waals surface area contributed by atoms with Crippen LogP contribution < -0.4 is 20.7 Å². The number of rotatable bonds is 10. The molecule has 3 amide bonds. The molecule has 0 atom stereocenters. The summed E-state index contributed by atoms with van der Waals surface area (Å²) < 4.78 is 7.13. The summed E-state index contributed by atoms with van der Waals surface area (Å²) in [5.41, 5.74) is 1.26. The quantitative estimate of drug-likeness (QED) is 0.189. The number of aliphatic hydroxyl groups is 3. The molecule has 1 saturated carbocycles. The Bertz CT molecular complexity index is 1450. The zero-order valence-electron chi connectivity index (χ0n) is 22.3. The van der Waals surface area contributed by atoms with Crippen molar-refractivity contribution in [3.8, 4) is 17.0 Å². The molecule has 2 aromatic heterocycles. The molecule has 1 aliphatic carbocycles. The average molecular weight is 555 g/mol. The molecule has 0 unspecified atom stereocenters. The van der Waals surface area contributed by atoms with Gasteiger partial charge in [0.1, 0.15) is 5.69 Å². The van der Waals surface area contributed by atoms with E-state index in [2.05, 4.69) is 25.9 Å². The maximum Gasteiger partial charge on any atom is 0.369 e. The third-order valence-electron chi connectivity index (χ3n) is 6.17. The van der Waals surface area contributed by atoms with E-state index in [1.807, 2.05) is 6.92 Å². The Morgan fingerprint density at radius 3 is 2.50 bits per heavy atom. The Balaban J connectivity index is 1.73. The van der Waals surface area contributed by atoms with Crippen LogP contribution >= 0.6 is 0 Å². The number of carbonyl (C=O) groups is 3. The monoisotopic (exact) mass is 554 g/mol. The summed E-state index contributed by atoms with van der Waals surface area (Å²) in [5.74, 6) is -1.40. The molecule has 2 heterocycles. The van der Waals surface area contributed by atoms with Gasteiger partial charge in [-0.25, -0.2) is 0 Å². The van der Waals surface area contributed by atoms with Crippen LogP contribution in [0, 0.1) is 5.92 Å². The molecule has 15 heteroatoms. The lowest BCUT2D eigenvalue weighted by molar-refractivity contribution is -0.323. The van der Waals surface area contributed by atoms with Crippen molar-refractivity contribution < 1.29 is 34.4 Å². The van der Waals surface area contributed by atoms with Gasteiger partial charge in [0.2, 0.25) is 5.91 Å². The van der Waals surface area contributed by atoms with Crippen molar-refractivity contribution in [2.75, 3.05) is 31.3 Å². The molecule has 0 saturated heterocycles. The number of amides is 3. The Labute approximate surface area is 228 Å². The molecular weight excluding hydrogens is 524 g/mol. The largest absolute Gasteiger partial charge is 0.494 e. The minimum Gasteiger partial charge on any atom is -0.494 e. The van der Waals surface area contributed by atoms with Gasteiger partial charge in [0, 0.05) is 38.2 Å². The van der Waals surface area contributed by atoms with Gasteiger partial charge in [0.15, 0.2) is 17.3 Å². The highest BCUT2D eigenvalue weighted by Gasteiger charge is 2.31. The van der Waals surface area contributed by atoms with Gasteiger partial charge in [0.05, 0.1) is 24.2 Å². The van der Waals surface area contributed by atoms with Gasteiger partial charge in [0.25, 0.3) is 11.8 Å². The van der Waals surface area contributed by atoms with E-state index in [1.165, 1.54) is 17.9 Å². The number of anilines is 3. The van der Waals surface area contributed by atoms with Crippen LogP contribution in [0.15, 0.2) is 30.3 Å². The molecule has 0 bridgehead atoms. The zero-order chi connectivity index (χ0) is 29.2. The van der Waals surface area contributed by atoms with Crippen LogP contribution in [0.4, 0.5) is 17.2 Å². The van der Waals surface area contributed by atoms with Gasteiger partial charge in [-0.05, 0) is 38.0 Å². The number of aromatic nitrogens is 4. The highest BCUT2D eigenvalue weighted by Crippen LogP contribution is 2.38. The van der Waals surface area contributed by atoms with E-state index in [0.717, 1.165) is 12.8 Å². The maximum absolute atomic E-state index is 12.7. The van der Waals surface area contributed by atoms with E-state index < -0.39 is 17.7 Å². The second kappa shape index (κ2) is 11.3. The second-order valence-electron chi connectivity index (χ2n) is 9.21. The van der Waals surface area contributed by atoms with E-state index >= 15 is 0 Å². The predicted octanol–water partition coefficient (Wildman–Crippen LogP) is 0.388. The molecule has 4 rings (SSSR count). The summed E-state index contributed by atoms with van der Waals surface area (Å²) in [6, 6.07) is 8.04. The summed E-state index contributed by atoms with van der Waals surface area (Å²) >= 11 is 0. The van der Waals surface area contributed by atoms with Gasteiger partial charge in [-0.2, -0.15) is 5.10 Å². The van der Waals surface area contributed by atoms with Crippen LogP contribution in [0.1, 0.15) is 40.7 Å². The van der Waals surface area contributed by atoms with Crippen molar-refractivity contribution in [3.63, 3.8) is 0 Å². The summed E-state index contributed by atoms with van der Waals surface area (Å²) in [4.78, 5) is 39.2. The van der Waals surface area contributed by atoms with Gasteiger partial charge in [-0.1, -0.05) is 6.07 Å². The molecule has 3 aromatic rings. The topological polar surface area (TPSA) is 204 Å². The first-order valence-electron chi connectivity index (χ1n) is 12.3. The number of methoxy groups -OCH3 is 1. The Hall–Kier alpha value is -4.60. The molecule has 40 heavy (non-hydrogen) atoms. The highest BCUT2D eigenvalue weighted by atomic mass is 16.7. The number of hydrogen-bond acceptors (Lipinski definition) is 11. The van der Waals surface area contributed by atoms with Crippen LogP contribution in [0.2, 0.25) is 0 Å². The van der Waals surface area contributed by atoms with Crippen molar-refractivity contribution in [2.24, 2.45) is 13.0 Å². The lowest BCUT2D eigenvalue weighted by Crippen LogP contribution is -2.48. The number of nitrogens with one attached hydrogen (secondary N) is 3. The van der Waals surface area contributed by atoms with Crippen LogP contribution in [-0.2, 0) is 11.8 Å². The zero-order valence-corrected chi connectivity index (χ0v) is 22.3. The maximum atomic E-state index is 12.7. The number of carbonyl (C=O) groups excluding carboxylic acids is 3. The Kier molecular flexibility index (Phi) is 7.99. The number of nitrogens with zero attached hydrogens (tertiary/aromatic N) is 5. The Morgan fingerprint density at radius 2 is 1.88 bits per heavy atom. The summed E-state index contributed by atoms with van der Waals surface area (Å²) in [6.45, 7) is 2.38. The van der Waals surface area contributed by atoms with Gasteiger partial charge in [-0.3, -0.25) is 24.4 Å². The number of para-hydroxylation sites is 1. The van der Waals surface area contributed by atoms with Crippen LogP contribution in [-0.4, -0.2) is 84.7 Å². The average Bonchev–Trinajstić information content (AvgIpc) is 3.68. The Morgan fingerprint density at radius 1 is 1.15 bits per heavy atom. The van der Waals surface area contributed by atoms with Crippen molar-refractivity contribution in [1.82, 2.24) is 30.2 Å². The van der Waals surface area contributed by atoms with Crippen LogP contribution in [0.3, 0.4) is 0 Å². The van der Waals surface area contributed by atoms with E-state index in [-0.39, 0.29) is 29.2 Å². The van der Waals surface area contributed by atoms with Gasteiger partial charge in [-0.15, -0.1) is 10.2 Å². The standard InChI is InChI=1S/C25H30N8O7/c1-5-32(2)24(36)18-11-16(31-33(18)3)14-7-6-8-15(21(14)40-4)26-17-12-19(27-22(34)13-9-10-13)29-30-20(17)23(35)28-25(37,38)39/h6-8,11-13,37-39H,5,9-10H2,1-4H3,(H,28,35)(H2,26,27,29,34). The van der Waals surface area contributed by atoms with Crippen LogP contribution in [0.5, 0.6) is 5.75 Å². The SMILES string of the molecule is CCN(C)C(=O)c1cc(-c2cccc(Nc3cc(NC(=O)C4CC4)nnc3C(=O)NC(O)(O)O)c2OC)nn1C. The molecule has 15 nitrogen and oxygen atoms in total. The molecule has 1 aliphatic rings. The minimum atomic E-state index is -3.51. The lowest BCUT2D eigenvalue weighted by Gasteiger charge is -2.18. The van der Waals surface area contributed by atoms with Gasteiger partial charge >= 0.3 is 6.10 Å². The summed E-state index contributed by atoms with van der Waals surface area (Å²) in [5, 5.41) is 47.0. The molecule has 6 N–H and O–H groups in total. The molecule has 0 aliphatic heterocycles. The number of benzene rings is 1. The van der Waals surface area contributed by atoms with E-state index in [9.17, 15) is 29.7 Å². The van der Waals surface area contributed by atoms with Crippen molar-refractivity contribution in [1.29, 1.82) is 0 Å². The normalized spacial score (nSPS) is 13.0. The van der Waals surface area contributed by atoms with Crippen LogP contribution in [0.25, 0.3) is 11.3 Å². The minimum absolute atomic E-state index is 0.000227. The van der Waals surface area contributed by atoms with E-state index in [0.29, 0.717) is 34.9 Å². The highest BCUT2D eigenvalue weighted by molar-refractivity contribution is 6.00. The molecule has 212 valence electrons. The molecule has 1 aromatic carbocycles.